The van der Waals surface area contributed by atoms with Gasteiger partial charge in [-0.25, -0.2) is 0 Å². The molecule has 0 aliphatic carbocycles. The summed E-state index contributed by atoms with van der Waals surface area (Å²) in [6, 6.07) is 15.7. The minimum atomic E-state index is -0.211. The molecule has 1 heterocycles. The molecule has 0 unspecified atom stereocenters. The van der Waals surface area contributed by atoms with E-state index in [9.17, 15) is 10.1 Å². The summed E-state index contributed by atoms with van der Waals surface area (Å²) in [5.74, 6) is -0.211. The summed E-state index contributed by atoms with van der Waals surface area (Å²) in [7, 11) is 1.81. The number of allylic oxidation sites excluding steroid dienone is 1. The molecule has 0 radical (unpaired) electrons. The number of carbonyl (C=O) groups excluding carboxylic acids is 1. The molecule has 0 N–H and O–H groups in total. The van der Waals surface area contributed by atoms with Gasteiger partial charge in [0.2, 0.25) is 0 Å². The maximum absolute atomic E-state index is 12.8. The fraction of sp³-hybridized carbons (Fsp3) is 0.0476. The van der Waals surface area contributed by atoms with Gasteiger partial charge < -0.3 is 4.57 Å². The van der Waals surface area contributed by atoms with Gasteiger partial charge in [0.1, 0.15) is 0 Å². The van der Waals surface area contributed by atoms with Crippen LogP contribution in [-0.2, 0) is 7.05 Å². The van der Waals surface area contributed by atoms with Crippen LogP contribution in [0.1, 0.15) is 27.2 Å². The van der Waals surface area contributed by atoms with Crippen LogP contribution in [0.4, 0.5) is 0 Å². The smallest absolute Gasteiger partial charge is 0.196 e. The average molecular weight is 416 g/mol. The van der Waals surface area contributed by atoms with Crippen molar-refractivity contribution in [2.24, 2.45) is 7.05 Å². The quantitative estimate of drug-likeness (QED) is 0.372. The van der Waals surface area contributed by atoms with Crippen molar-refractivity contribution in [2.75, 3.05) is 0 Å². The molecule has 0 aliphatic rings. The fourth-order valence-corrected chi connectivity index (χ4v) is 3.26. The van der Waals surface area contributed by atoms with Crippen LogP contribution < -0.4 is 0 Å². The molecule has 27 heavy (non-hydrogen) atoms. The SMILES string of the molecule is Cn1cc(C(=O)c2ccc(Cl)cc2Cl)cc1C=C(C#N)c1ccc(Cl)cc1. The second kappa shape index (κ2) is 8.02. The molecular weight excluding hydrogens is 403 g/mol. The number of aromatic nitrogens is 1. The molecule has 0 saturated carbocycles. The molecule has 2 aromatic carbocycles. The van der Waals surface area contributed by atoms with Crippen molar-refractivity contribution in [3.8, 4) is 6.07 Å². The van der Waals surface area contributed by atoms with Crippen molar-refractivity contribution < 1.29 is 4.79 Å². The van der Waals surface area contributed by atoms with Crippen molar-refractivity contribution in [3.05, 3.63) is 92.2 Å². The van der Waals surface area contributed by atoms with Gasteiger partial charge in [0, 0.05) is 40.1 Å². The van der Waals surface area contributed by atoms with Crippen LogP contribution >= 0.6 is 34.8 Å². The Labute approximate surface area is 172 Å². The zero-order valence-electron chi connectivity index (χ0n) is 14.2. The second-order valence-electron chi connectivity index (χ2n) is 5.89. The van der Waals surface area contributed by atoms with E-state index in [2.05, 4.69) is 6.07 Å². The minimum absolute atomic E-state index is 0.211. The number of halogens is 3. The van der Waals surface area contributed by atoms with Gasteiger partial charge in [-0.2, -0.15) is 5.26 Å². The molecule has 0 atom stereocenters. The van der Waals surface area contributed by atoms with Crippen molar-refractivity contribution in [1.82, 2.24) is 4.57 Å². The van der Waals surface area contributed by atoms with E-state index < -0.39 is 0 Å². The Morgan fingerprint density at radius 2 is 1.67 bits per heavy atom. The fourth-order valence-electron chi connectivity index (χ4n) is 2.64. The highest BCUT2D eigenvalue weighted by Crippen LogP contribution is 2.25. The van der Waals surface area contributed by atoms with Crippen molar-refractivity contribution in [3.63, 3.8) is 0 Å². The Morgan fingerprint density at radius 3 is 2.30 bits per heavy atom. The van der Waals surface area contributed by atoms with Crippen LogP contribution in [0.15, 0.2) is 54.7 Å². The molecule has 1 aromatic heterocycles. The van der Waals surface area contributed by atoms with Gasteiger partial charge >= 0.3 is 0 Å². The number of hydrogen-bond acceptors (Lipinski definition) is 2. The number of benzene rings is 2. The highest BCUT2D eigenvalue weighted by atomic mass is 35.5. The van der Waals surface area contributed by atoms with E-state index in [-0.39, 0.29) is 5.78 Å². The molecule has 0 amide bonds. The summed E-state index contributed by atoms with van der Waals surface area (Å²) in [6.07, 6.45) is 3.43. The lowest BCUT2D eigenvalue weighted by Gasteiger charge is -2.02. The second-order valence-corrected chi connectivity index (χ2v) is 7.17. The van der Waals surface area contributed by atoms with Crippen LogP contribution in [0.5, 0.6) is 0 Å². The monoisotopic (exact) mass is 414 g/mol. The van der Waals surface area contributed by atoms with Crippen LogP contribution in [0.2, 0.25) is 15.1 Å². The van der Waals surface area contributed by atoms with Crippen LogP contribution in [-0.4, -0.2) is 10.4 Å². The van der Waals surface area contributed by atoms with Crippen LogP contribution in [0.25, 0.3) is 11.6 Å². The number of rotatable bonds is 4. The number of nitriles is 1. The van der Waals surface area contributed by atoms with Crippen LogP contribution in [0, 0.1) is 11.3 Å². The first-order chi connectivity index (χ1) is 12.9. The third kappa shape index (κ3) is 4.26. The molecule has 0 spiro atoms. The van der Waals surface area contributed by atoms with E-state index in [4.69, 9.17) is 34.8 Å². The van der Waals surface area contributed by atoms with Crippen molar-refractivity contribution in [2.45, 2.75) is 0 Å². The third-order valence-corrected chi connectivity index (χ3v) is 4.85. The molecular formula is C21H13Cl3N2O. The molecule has 3 aromatic rings. The number of carbonyl (C=O) groups is 1. The van der Waals surface area contributed by atoms with Gasteiger partial charge in [-0.15, -0.1) is 0 Å². The average Bonchev–Trinajstić information content (AvgIpc) is 3.00. The molecule has 3 nitrogen and oxygen atoms in total. The number of aryl methyl sites for hydroxylation is 1. The molecule has 6 heteroatoms. The predicted molar refractivity (Wildman–Crippen MR) is 110 cm³/mol. The summed E-state index contributed by atoms with van der Waals surface area (Å²) in [4.78, 5) is 12.8. The van der Waals surface area contributed by atoms with Gasteiger partial charge in [0.05, 0.1) is 16.7 Å². The van der Waals surface area contributed by atoms with Crippen molar-refractivity contribution >= 4 is 52.2 Å². The van der Waals surface area contributed by atoms with Gasteiger partial charge in [-0.1, -0.05) is 46.9 Å². The third-order valence-electron chi connectivity index (χ3n) is 4.05. The van der Waals surface area contributed by atoms with E-state index in [1.807, 2.05) is 7.05 Å². The summed E-state index contributed by atoms with van der Waals surface area (Å²) in [5.41, 5.74) is 2.78. The van der Waals surface area contributed by atoms with Gasteiger partial charge in [-0.05, 0) is 48.0 Å². The Hall–Kier alpha value is -2.51. The van der Waals surface area contributed by atoms with E-state index in [0.29, 0.717) is 31.8 Å². The molecule has 134 valence electrons. The highest BCUT2D eigenvalue weighted by molar-refractivity contribution is 6.37. The first-order valence-corrected chi connectivity index (χ1v) is 9.06. The van der Waals surface area contributed by atoms with Gasteiger partial charge in [-0.3, -0.25) is 4.79 Å². The molecule has 0 saturated heterocycles. The van der Waals surface area contributed by atoms with E-state index in [1.54, 1.807) is 59.3 Å². The van der Waals surface area contributed by atoms with Crippen LogP contribution in [0.3, 0.4) is 0 Å². The Kier molecular flexibility index (Phi) is 5.72. The van der Waals surface area contributed by atoms with E-state index >= 15 is 0 Å². The zero-order valence-corrected chi connectivity index (χ0v) is 16.5. The minimum Gasteiger partial charge on any atom is -0.350 e. The Morgan fingerprint density at radius 1 is 1.00 bits per heavy atom. The molecule has 0 fully saturated rings. The zero-order chi connectivity index (χ0) is 19.6. The standard InChI is InChI=1S/C21H13Cl3N2O/c1-26-12-15(21(27)19-7-6-17(23)10-20(19)24)9-18(26)8-14(11-25)13-2-4-16(22)5-3-13/h2-10,12H,1H3. The lowest BCUT2D eigenvalue weighted by molar-refractivity contribution is 0.103. The predicted octanol–water partition coefficient (Wildman–Crippen LogP) is 6.28. The summed E-state index contributed by atoms with van der Waals surface area (Å²) in [5, 5.41) is 10.9. The van der Waals surface area contributed by atoms with E-state index in [1.165, 1.54) is 6.07 Å². The van der Waals surface area contributed by atoms with Crippen molar-refractivity contribution in [1.29, 1.82) is 5.26 Å². The Balaban J connectivity index is 1.97. The highest BCUT2D eigenvalue weighted by Gasteiger charge is 2.16. The Bertz CT molecular complexity index is 1090. The lowest BCUT2D eigenvalue weighted by atomic mass is 10.0. The normalized spacial score (nSPS) is 11.3. The summed E-state index contributed by atoms with van der Waals surface area (Å²) >= 11 is 17.9. The van der Waals surface area contributed by atoms with Gasteiger partial charge in [0.25, 0.3) is 0 Å². The number of ketones is 1. The summed E-state index contributed by atoms with van der Waals surface area (Å²) < 4.78 is 1.78. The first kappa shape index (κ1) is 19.3. The van der Waals surface area contributed by atoms with E-state index in [0.717, 1.165) is 11.3 Å². The number of hydrogen-bond donors (Lipinski definition) is 0. The molecule has 0 aliphatic heterocycles. The lowest BCUT2D eigenvalue weighted by Crippen LogP contribution is -2.00. The first-order valence-electron chi connectivity index (χ1n) is 7.93. The number of nitrogens with zero attached hydrogens (tertiary/aromatic N) is 2. The topological polar surface area (TPSA) is 45.8 Å². The van der Waals surface area contributed by atoms with Gasteiger partial charge in [0.15, 0.2) is 5.78 Å². The molecule has 0 bridgehead atoms. The summed E-state index contributed by atoms with van der Waals surface area (Å²) in [6.45, 7) is 0. The largest absolute Gasteiger partial charge is 0.350 e. The molecule has 3 rings (SSSR count). The maximum Gasteiger partial charge on any atom is 0.196 e. The maximum atomic E-state index is 12.8.